The molecule has 0 N–H and O–H groups in total. The van der Waals surface area contributed by atoms with Gasteiger partial charge in [0, 0.05) is 47.5 Å². The fourth-order valence-corrected chi connectivity index (χ4v) is 5.24. The summed E-state index contributed by atoms with van der Waals surface area (Å²) in [6.07, 6.45) is 0. The first kappa shape index (κ1) is 28.1. The second-order valence-corrected chi connectivity index (χ2v) is 11.1. The Hall–Kier alpha value is -2.91. The van der Waals surface area contributed by atoms with E-state index in [0.29, 0.717) is 50.2 Å². The van der Waals surface area contributed by atoms with Crippen LogP contribution in [-0.2, 0) is 27.4 Å². The first-order chi connectivity index (χ1) is 18.5. The second kappa shape index (κ2) is 14.3. The number of rotatable bonds is 12. The van der Waals surface area contributed by atoms with E-state index in [-0.39, 0.29) is 25.0 Å². The minimum atomic E-state index is -0.229. The maximum absolute atomic E-state index is 13.7. The van der Waals surface area contributed by atoms with Gasteiger partial charge in [-0.3, -0.25) is 14.5 Å². The van der Waals surface area contributed by atoms with E-state index in [0.717, 1.165) is 23.5 Å². The molecule has 1 aliphatic rings. The Morgan fingerprint density at radius 1 is 0.947 bits per heavy atom. The number of hydrogen-bond donors (Lipinski definition) is 0. The Bertz CT molecular complexity index is 1170. The molecule has 0 aliphatic carbocycles. The van der Waals surface area contributed by atoms with Gasteiger partial charge in [-0.05, 0) is 48.9 Å². The minimum Gasteiger partial charge on any atom is -0.484 e. The van der Waals surface area contributed by atoms with Crippen LogP contribution in [0.4, 0.5) is 0 Å². The third-order valence-electron chi connectivity index (χ3n) is 6.36. The lowest BCUT2D eigenvalue weighted by molar-refractivity contribution is -0.142. The lowest BCUT2D eigenvalue weighted by atomic mass is 10.2. The Balaban J connectivity index is 1.45. The van der Waals surface area contributed by atoms with Crippen LogP contribution in [0.1, 0.15) is 15.3 Å². The molecule has 0 bridgehead atoms. The van der Waals surface area contributed by atoms with Gasteiger partial charge >= 0.3 is 0 Å². The highest BCUT2D eigenvalue weighted by molar-refractivity contribution is 7.11. The Morgan fingerprint density at radius 3 is 2.37 bits per heavy atom. The molecule has 2 aromatic carbocycles. The molecule has 2 heterocycles. The highest BCUT2D eigenvalue weighted by atomic mass is 35.5. The molecular formula is C29H34ClN3O4S. The number of ether oxygens (including phenoxy) is 2. The van der Waals surface area contributed by atoms with E-state index in [9.17, 15) is 9.59 Å². The summed E-state index contributed by atoms with van der Waals surface area (Å²) in [7, 11) is 0. The van der Waals surface area contributed by atoms with Crippen molar-refractivity contribution in [2.75, 3.05) is 52.5 Å². The van der Waals surface area contributed by atoms with Crippen molar-refractivity contribution in [2.24, 2.45) is 0 Å². The predicted molar refractivity (Wildman–Crippen MR) is 151 cm³/mol. The molecule has 9 heteroatoms. The summed E-state index contributed by atoms with van der Waals surface area (Å²) in [4.78, 5) is 35.0. The Kier molecular flexibility index (Phi) is 10.6. The number of halogens is 1. The first-order valence-electron chi connectivity index (χ1n) is 12.8. The third kappa shape index (κ3) is 8.84. The smallest absolute Gasteiger partial charge is 0.261 e. The highest BCUT2D eigenvalue weighted by Gasteiger charge is 2.24. The van der Waals surface area contributed by atoms with Gasteiger partial charge in [0.25, 0.3) is 5.91 Å². The van der Waals surface area contributed by atoms with Gasteiger partial charge in [0.05, 0.1) is 26.3 Å². The molecule has 4 rings (SSSR count). The lowest BCUT2D eigenvalue weighted by Gasteiger charge is -2.31. The van der Waals surface area contributed by atoms with Crippen LogP contribution in [0.15, 0.2) is 66.7 Å². The van der Waals surface area contributed by atoms with Crippen LogP contribution >= 0.6 is 22.9 Å². The average Bonchev–Trinajstić information content (AvgIpc) is 3.35. The summed E-state index contributed by atoms with van der Waals surface area (Å²) in [5, 5.41) is 0.598. The van der Waals surface area contributed by atoms with Gasteiger partial charge < -0.3 is 19.3 Å². The molecular weight excluding hydrogens is 522 g/mol. The van der Waals surface area contributed by atoms with Crippen molar-refractivity contribution < 1.29 is 19.1 Å². The van der Waals surface area contributed by atoms with Crippen molar-refractivity contribution in [2.45, 2.75) is 20.0 Å². The standard InChI is InChI=1S/C29H34ClN3O4S/c1-23-7-12-27(38-23)20-33(19-24-5-3-2-4-6-24)28(34)21-32(14-13-31-15-17-36-18-16-31)29(35)22-37-26-10-8-25(30)9-11-26/h2-12H,13-22H2,1H3. The van der Waals surface area contributed by atoms with Crippen molar-refractivity contribution in [3.63, 3.8) is 0 Å². The maximum Gasteiger partial charge on any atom is 0.261 e. The molecule has 0 radical (unpaired) electrons. The third-order valence-corrected chi connectivity index (χ3v) is 7.59. The number of amides is 2. The molecule has 202 valence electrons. The molecule has 1 fully saturated rings. The van der Waals surface area contributed by atoms with Crippen molar-refractivity contribution in [1.29, 1.82) is 0 Å². The SMILES string of the molecule is Cc1ccc(CN(Cc2ccccc2)C(=O)CN(CCN2CCOCC2)C(=O)COc2ccc(Cl)cc2)s1. The number of morpholine rings is 1. The van der Waals surface area contributed by atoms with Gasteiger partial charge in [-0.15, -0.1) is 11.3 Å². The van der Waals surface area contributed by atoms with E-state index >= 15 is 0 Å². The Labute approximate surface area is 233 Å². The molecule has 7 nitrogen and oxygen atoms in total. The number of thiophene rings is 1. The quantitative estimate of drug-likeness (QED) is 0.330. The van der Waals surface area contributed by atoms with Gasteiger partial charge in [-0.1, -0.05) is 41.9 Å². The first-order valence-corrected chi connectivity index (χ1v) is 14.0. The number of carbonyl (C=O) groups excluding carboxylic acids is 2. The molecule has 3 aromatic rings. The van der Waals surface area contributed by atoms with Gasteiger partial charge in [0.15, 0.2) is 6.61 Å². The summed E-state index contributed by atoms with van der Waals surface area (Å²) < 4.78 is 11.2. The summed E-state index contributed by atoms with van der Waals surface area (Å²) in [6, 6.07) is 21.0. The van der Waals surface area contributed by atoms with Crippen LogP contribution in [-0.4, -0.2) is 79.1 Å². The number of carbonyl (C=O) groups is 2. The van der Waals surface area contributed by atoms with Gasteiger partial charge in [-0.2, -0.15) is 0 Å². The normalized spacial score (nSPS) is 13.7. The predicted octanol–water partition coefficient (Wildman–Crippen LogP) is 4.48. The van der Waals surface area contributed by atoms with E-state index in [2.05, 4.69) is 24.0 Å². The highest BCUT2D eigenvalue weighted by Crippen LogP contribution is 2.19. The zero-order valence-electron chi connectivity index (χ0n) is 21.7. The van der Waals surface area contributed by atoms with Crippen molar-refractivity contribution >= 4 is 34.8 Å². The van der Waals surface area contributed by atoms with Crippen LogP contribution in [0.5, 0.6) is 5.75 Å². The van der Waals surface area contributed by atoms with Crippen LogP contribution < -0.4 is 4.74 Å². The fourth-order valence-electron chi connectivity index (χ4n) is 4.20. The number of hydrogen-bond acceptors (Lipinski definition) is 6. The molecule has 0 unspecified atom stereocenters. The fraction of sp³-hybridized carbons (Fsp3) is 0.379. The molecule has 0 atom stereocenters. The zero-order chi connectivity index (χ0) is 26.7. The summed E-state index contributed by atoms with van der Waals surface area (Å²) in [5.41, 5.74) is 1.05. The van der Waals surface area contributed by atoms with E-state index in [1.54, 1.807) is 40.5 Å². The summed E-state index contributed by atoms with van der Waals surface area (Å²) in [6.45, 7) is 6.97. The summed E-state index contributed by atoms with van der Waals surface area (Å²) in [5.74, 6) is 0.232. The molecule has 1 aliphatic heterocycles. The summed E-state index contributed by atoms with van der Waals surface area (Å²) >= 11 is 7.64. The van der Waals surface area contributed by atoms with Gasteiger partial charge in [-0.25, -0.2) is 0 Å². The van der Waals surface area contributed by atoms with Crippen LogP contribution in [0, 0.1) is 6.92 Å². The molecule has 1 aromatic heterocycles. The van der Waals surface area contributed by atoms with E-state index < -0.39 is 0 Å². The largest absolute Gasteiger partial charge is 0.484 e. The number of aryl methyl sites for hydroxylation is 1. The van der Waals surface area contributed by atoms with Gasteiger partial charge in [0.2, 0.25) is 5.91 Å². The molecule has 38 heavy (non-hydrogen) atoms. The molecule has 0 spiro atoms. The van der Waals surface area contributed by atoms with Crippen LogP contribution in [0.2, 0.25) is 5.02 Å². The van der Waals surface area contributed by atoms with Crippen molar-refractivity contribution in [3.8, 4) is 5.75 Å². The monoisotopic (exact) mass is 555 g/mol. The van der Waals surface area contributed by atoms with E-state index in [1.807, 2.05) is 35.2 Å². The minimum absolute atomic E-state index is 0.00958. The maximum atomic E-state index is 13.7. The van der Waals surface area contributed by atoms with Crippen LogP contribution in [0.3, 0.4) is 0 Å². The average molecular weight is 556 g/mol. The Morgan fingerprint density at radius 2 is 1.68 bits per heavy atom. The molecule has 0 saturated carbocycles. The second-order valence-electron chi connectivity index (χ2n) is 9.26. The molecule has 1 saturated heterocycles. The van der Waals surface area contributed by atoms with Crippen molar-refractivity contribution in [1.82, 2.24) is 14.7 Å². The topological polar surface area (TPSA) is 62.3 Å². The van der Waals surface area contributed by atoms with Gasteiger partial charge in [0.1, 0.15) is 5.75 Å². The number of benzene rings is 2. The molecule has 2 amide bonds. The lowest BCUT2D eigenvalue weighted by Crippen LogP contribution is -2.48. The zero-order valence-corrected chi connectivity index (χ0v) is 23.3. The number of nitrogens with zero attached hydrogens (tertiary/aromatic N) is 3. The van der Waals surface area contributed by atoms with Crippen molar-refractivity contribution in [3.05, 3.63) is 87.1 Å². The van der Waals surface area contributed by atoms with Crippen LogP contribution in [0.25, 0.3) is 0 Å². The van der Waals surface area contributed by atoms with E-state index in [4.69, 9.17) is 21.1 Å². The van der Waals surface area contributed by atoms with E-state index in [1.165, 1.54) is 4.88 Å².